The van der Waals surface area contributed by atoms with Gasteiger partial charge in [0.15, 0.2) is 0 Å². The van der Waals surface area contributed by atoms with Gasteiger partial charge in [0, 0.05) is 32.5 Å². The van der Waals surface area contributed by atoms with E-state index in [1.807, 2.05) is 62.4 Å². The third kappa shape index (κ3) is 9.63. The highest BCUT2D eigenvalue weighted by atomic mass is 16.5. The first kappa shape index (κ1) is 41.3. The lowest BCUT2D eigenvalue weighted by molar-refractivity contribution is -0.163. The van der Waals surface area contributed by atoms with Crippen LogP contribution in [0.25, 0.3) is 0 Å². The van der Waals surface area contributed by atoms with Crippen LogP contribution < -0.4 is 16.0 Å². The summed E-state index contributed by atoms with van der Waals surface area (Å²) in [7, 11) is 0. The molecule has 0 radical (unpaired) electrons. The Kier molecular flexibility index (Phi) is 13.0. The van der Waals surface area contributed by atoms with Gasteiger partial charge >= 0.3 is 5.97 Å². The maximum atomic E-state index is 14.7. The van der Waals surface area contributed by atoms with Crippen molar-refractivity contribution in [2.75, 3.05) is 19.6 Å². The topological polar surface area (TPSA) is 195 Å². The van der Waals surface area contributed by atoms with Gasteiger partial charge in [-0.05, 0) is 70.9 Å². The second kappa shape index (κ2) is 17.9. The number of carbonyl (C=O) groups is 7. The first-order valence-corrected chi connectivity index (χ1v) is 20.0. The first-order valence-electron chi connectivity index (χ1n) is 20.0. The van der Waals surface area contributed by atoms with Crippen LogP contribution in [0, 0.1) is 13.8 Å². The summed E-state index contributed by atoms with van der Waals surface area (Å²) in [6, 6.07) is 8.09. The number of aryl methyl sites for hydroxylation is 2. The highest BCUT2D eigenvalue weighted by molar-refractivity contribution is 5.98. The molecular formula is C42H54N6O9. The van der Waals surface area contributed by atoms with E-state index in [4.69, 9.17) is 4.74 Å². The minimum absolute atomic E-state index is 0.00411. The van der Waals surface area contributed by atoms with Gasteiger partial charge in [0.05, 0.1) is 12.5 Å². The maximum absolute atomic E-state index is 14.7. The van der Waals surface area contributed by atoms with Crippen molar-refractivity contribution in [2.24, 2.45) is 0 Å². The molecule has 0 bridgehead atoms. The van der Waals surface area contributed by atoms with E-state index in [0.29, 0.717) is 32.1 Å². The fourth-order valence-corrected chi connectivity index (χ4v) is 8.53. The molecule has 0 aromatic heterocycles. The van der Waals surface area contributed by atoms with Gasteiger partial charge in [-0.3, -0.25) is 28.8 Å². The quantitative estimate of drug-likeness (QED) is 0.295. The summed E-state index contributed by atoms with van der Waals surface area (Å²) in [5.41, 5.74) is 3.42. The Morgan fingerprint density at radius 2 is 1.47 bits per heavy atom. The van der Waals surface area contributed by atoms with Crippen LogP contribution in [0.4, 0.5) is 0 Å². The zero-order valence-corrected chi connectivity index (χ0v) is 33.1. The Labute approximate surface area is 332 Å². The Hall–Kier alpha value is -5.31. The minimum Gasteiger partial charge on any atom is -0.458 e. The lowest BCUT2D eigenvalue weighted by Gasteiger charge is -2.39. The van der Waals surface area contributed by atoms with Crippen LogP contribution in [0.1, 0.15) is 74.6 Å². The van der Waals surface area contributed by atoms with Gasteiger partial charge in [-0.25, -0.2) is 4.79 Å². The summed E-state index contributed by atoms with van der Waals surface area (Å²) >= 11 is 0. The first-order chi connectivity index (χ1) is 27.2. The van der Waals surface area contributed by atoms with Crippen molar-refractivity contribution in [3.63, 3.8) is 0 Å². The number of ether oxygens (including phenoxy) is 1. The van der Waals surface area contributed by atoms with Crippen molar-refractivity contribution in [2.45, 2.75) is 128 Å². The third-order valence-corrected chi connectivity index (χ3v) is 11.4. The summed E-state index contributed by atoms with van der Waals surface area (Å²) < 4.78 is 5.90. The number of amides is 6. The number of piperidine rings is 1. The Morgan fingerprint density at radius 3 is 2.19 bits per heavy atom. The molecular weight excluding hydrogens is 732 g/mol. The van der Waals surface area contributed by atoms with E-state index in [0.717, 1.165) is 22.3 Å². The molecule has 4 aliphatic rings. The SMILES string of the molecule is Cc1cccc(CC(=O)N[C@@H](Cc2cccc(C)c2)C(=O)N[C@@H]2C(=O)N3C[C@H](O)C[C@H]3C(=O)N3CCCC[C@H]3C(=O)N[C@@H](C)C(=O)N3CCC[C@H]3C(=O)O[C@H]2C)c1. The van der Waals surface area contributed by atoms with Gasteiger partial charge < -0.3 is 40.5 Å². The van der Waals surface area contributed by atoms with Gasteiger partial charge in [0.2, 0.25) is 35.4 Å². The number of nitrogens with zero attached hydrogens (tertiary/aromatic N) is 3. The second-order valence-corrected chi connectivity index (χ2v) is 16.0. The average molecular weight is 787 g/mol. The lowest BCUT2D eigenvalue weighted by atomic mass is 9.98. The number of benzene rings is 2. The molecule has 6 rings (SSSR count). The van der Waals surface area contributed by atoms with E-state index in [2.05, 4.69) is 16.0 Å². The molecule has 0 saturated carbocycles. The van der Waals surface area contributed by atoms with E-state index in [1.165, 1.54) is 28.5 Å². The van der Waals surface area contributed by atoms with Crippen LogP contribution >= 0.6 is 0 Å². The van der Waals surface area contributed by atoms with E-state index in [-0.39, 0.29) is 38.9 Å². The molecule has 2 aromatic carbocycles. The Morgan fingerprint density at radius 1 is 0.825 bits per heavy atom. The van der Waals surface area contributed by atoms with Crippen LogP contribution in [-0.2, 0) is 51.1 Å². The van der Waals surface area contributed by atoms with E-state index in [9.17, 15) is 38.7 Å². The molecule has 2 aromatic rings. The van der Waals surface area contributed by atoms with E-state index in [1.54, 1.807) is 0 Å². The van der Waals surface area contributed by atoms with Crippen LogP contribution in [-0.4, -0.2) is 129 Å². The standard InChI is InChI=1S/C42H54N6O9/c1-24-10-7-12-28(18-24)20-31(44-35(50)21-29-13-8-11-25(2)19-29)37(51)45-36-27(4)57-42(56)33-15-9-17-47(33)39(53)26(3)43-38(52)32-14-5-6-16-46(32)40(54)34-22-30(49)23-48(34)41(36)55/h7-8,10-13,18-19,26-27,30-34,36,49H,5-6,9,14-17,20-23H2,1-4H3,(H,43,52)(H,44,50)(H,45,51)/t26-,27-,30+,31-,32-,33-,34-,36-/m0/s1. The predicted molar refractivity (Wildman–Crippen MR) is 207 cm³/mol. The van der Waals surface area contributed by atoms with Gasteiger partial charge in [-0.1, -0.05) is 59.7 Å². The summed E-state index contributed by atoms with van der Waals surface area (Å²) in [6.45, 7) is 7.04. The van der Waals surface area contributed by atoms with E-state index >= 15 is 0 Å². The number of aliphatic hydroxyl groups is 1. The normalized spacial score (nSPS) is 27.8. The van der Waals surface area contributed by atoms with Gasteiger partial charge in [0.25, 0.3) is 0 Å². The molecule has 0 unspecified atom stereocenters. The number of esters is 1. The largest absolute Gasteiger partial charge is 0.458 e. The molecule has 0 aliphatic carbocycles. The number of aliphatic hydroxyl groups excluding tert-OH is 1. The lowest BCUT2D eigenvalue weighted by Crippen LogP contribution is -2.63. The average Bonchev–Trinajstić information content (AvgIpc) is 3.83. The number of hydrogen-bond donors (Lipinski definition) is 4. The predicted octanol–water partition coefficient (Wildman–Crippen LogP) is 0.842. The number of hydrogen-bond acceptors (Lipinski definition) is 9. The summed E-state index contributed by atoms with van der Waals surface area (Å²) in [6.07, 6.45) is -0.0256. The fourth-order valence-electron chi connectivity index (χ4n) is 8.53. The molecule has 4 fully saturated rings. The molecule has 0 spiro atoms. The molecule has 306 valence electrons. The molecule has 6 amide bonds. The maximum Gasteiger partial charge on any atom is 0.329 e. The van der Waals surface area contributed by atoms with Crippen molar-refractivity contribution in [3.05, 3.63) is 70.8 Å². The smallest absolute Gasteiger partial charge is 0.329 e. The van der Waals surface area contributed by atoms with Gasteiger partial charge in [0.1, 0.15) is 42.4 Å². The number of cyclic esters (lactones) is 1. The van der Waals surface area contributed by atoms with Crippen molar-refractivity contribution in [3.8, 4) is 0 Å². The molecule has 57 heavy (non-hydrogen) atoms. The van der Waals surface area contributed by atoms with E-state index < -0.39 is 89.9 Å². The molecule has 8 atom stereocenters. The molecule has 15 heteroatoms. The minimum atomic E-state index is -1.56. The van der Waals surface area contributed by atoms with Crippen LogP contribution in [0.3, 0.4) is 0 Å². The van der Waals surface area contributed by atoms with Crippen LogP contribution in [0.2, 0.25) is 0 Å². The van der Waals surface area contributed by atoms with Crippen molar-refractivity contribution in [1.82, 2.24) is 30.7 Å². The Balaban J connectivity index is 1.34. The third-order valence-electron chi connectivity index (χ3n) is 11.4. The molecule has 15 nitrogen and oxygen atoms in total. The van der Waals surface area contributed by atoms with Crippen LogP contribution in [0.5, 0.6) is 0 Å². The highest BCUT2D eigenvalue weighted by Crippen LogP contribution is 2.28. The highest BCUT2D eigenvalue weighted by Gasteiger charge is 2.48. The summed E-state index contributed by atoms with van der Waals surface area (Å²) in [5.74, 6) is -4.27. The van der Waals surface area contributed by atoms with Crippen molar-refractivity contribution in [1.29, 1.82) is 0 Å². The molecule has 4 saturated heterocycles. The fraction of sp³-hybridized carbons (Fsp3) is 0.548. The van der Waals surface area contributed by atoms with Crippen LogP contribution in [0.15, 0.2) is 48.5 Å². The zero-order chi connectivity index (χ0) is 41.0. The molecule has 4 heterocycles. The number of rotatable bonds is 7. The van der Waals surface area contributed by atoms with Gasteiger partial charge in [-0.15, -0.1) is 0 Å². The summed E-state index contributed by atoms with van der Waals surface area (Å²) in [5, 5.41) is 19.2. The van der Waals surface area contributed by atoms with Gasteiger partial charge in [-0.2, -0.15) is 0 Å². The number of fused-ring (bicyclic) bond motifs is 3. The summed E-state index contributed by atoms with van der Waals surface area (Å²) in [4.78, 5) is 102. The molecule has 4 aliphatic heterocycles. The number of nitrogens with one attached hydrogen (secondary N) is 3. The molecule has 4 N–H and O–H groups in total. The van der Waals surface area contributed by atoms with Crippen molar-refractivity contribution >= 4 is 41.4 Å². The van der Waals surface area contributed by atoms with Crippen molar-refractivity contribution < 1.29 is 43.4 Å². The number of carbonyl (C=O) groups excluding carboxylic acids is 7. The second-order valence-electron chi connectivity index (χ2n) is 16.0. The monoisotopic (exact) mass is 786 g/mol. The Bertz CT molecular complexity index is 1890. The zero-order valence-electron chi connectivity index (χ0n) is 33.1.